The second-order valence-corrected chi connectivity index (χ2v) is 5.50. The Bertz CT molecular complexity index is 521. The molecule has 0 spiro atoms. The topological polar surface area (TPSA) is 38.0 Å². The van der Waals surface area contributed by atoms with Crippen LogP contribution in [-0.4, -0.2) is 0 Å². The fraction of sp³-hybridized carbons (Fsp3) is 0.200. The monoisotopic (exact) mass is 352 g/mol. The van der Waals surface area contributed by atoms with Crippen molar-refractivity contribution in [3.05, 3.63) is 57.2 Å². The molecule has 0 saturated carbocycles. The molecule has 0 amide bonds. The minimum Gasteiger partial charge on any atom is -0.397 e. The Morgan fingerprint density at radius 2 is 1.72 bits per heavy atom. The predicted octanol–water partition coefficient (Wildman–Crippen LogP) is 4.05. The number of anilines is 2. The molecule has 3 N–H and O–H groups in total. The molecule has 3 heteroatoms. The van der Waals surface area contributed by atoms with Crippen LogP contribution in [0.25, 0.3) is 0 Å². The normalized spacial score (nSPS) is 10.3. The Labute approximate surface area is 122 Å². The molecule has 2 aromatic rings. The molecular formula is C15H17IN2. The summed E-state index contributed by atoms with van der Waals surface area (Å²) in [6, 6.07) is 14.7. The van der Waals surface area contributed by atoms with Crippen molar-refractivity contribution in [2.45, 2.75) is 19.9 Å². The van der Waals surface area contributed by atoms with Gasteiger partial charge in [-0.05, 0) is 58.3 Å². The average Bonchev–Trinajstić information content (AvgIpc) is 2.38. The molecule has 0 aromatic heterocycles. The summed E-state index contributed by atoms with van der Waals surface area (Å²) < 4.78 is 1.16. The van der Waals surface area contributed by atoms with E-state index in [1.54, 1.807) is 0 Å². The molecule has 0 heterocycles. The molecule has 0 fully saturated rings. The average molecular weight is 352 g/mol. The highest BCUT2D eigenvalue weighted by atomic mass is 127. The number of hydrogen-bond donors (Lipinski definition) is 2. The number of rotatable bonds is 4. The molecule has 2 aromatic carbocycles. The Morgan fingerprint density at radius 1 is 1.06 bits per heavy atom. The van der Waals surface area contributed by atoms with Gasteiger partial charge in [0.1, 0.15) is 0 Å². The minimum atomic E-state index is 0.798. The van der Waals surface area contributed by atoms with Gasteiger partial charge in [0.15, 0.2) is 0 Å². The number of nitrogen functional groups attached to an aromatic ring is 1. The third-order valence-corrected chi connectivity index (χ3v) is 3.60. The van der Waals surface area contributed by atoms with Crippen LogP contribution in [0, 0.1) is 3.57 Å². The predicted molar refractivity (Wildman–Crippen MR) is 86.7 cm³/mol. The van der Waals surface area contributed by atoms with Crippen molar-refractivity contribution >= 4 is 34.0 Å². The zero-order chi connectivity index (χ0) is 13.0. The van der Waals surface area contributed by atoms with Gasteiger partial charge in [0.25, 0.3) is 0 Å². The van der Waals surface area contributed by atoms with Crippen molar-refractivity contribution in [1.82, 2.24) is 0 Å². The number of nitrogens with two attached hydrogens (primary N) is 1. The Kier molecular flexibility index (Phi) is 4.47. The molecule has 2 nitrogen and oxygen atoms in total. The summed E-state index contributed by atoms with van der Waals surface area (Å²) in [6.45, 7) is 2.97. The van der Waals surface area contributed by atoms with Crippen molar-refractivity contribution in [2.24, 2.45) is 0 Å². The molecule has 0 aliphatic heterocycles. The lowest BCUT2D eigenvalue weighted by Crippen LogP contribution is -2.02. The molecule has 94 valence electrons. The van der Waals surface area contributed by atoms with E-state index in [1.165, 1.54) is 11.1 Å². The molecule has 0 atom stereocenters. The molecule has 0 bridgehead atoms. The van der Waals surface area contributed by atoms with Crippen LogP contribution < -0.4 is 11.1 Å². The van der Waals surface area contributed by atoms with Gasteiger partial charge in [0.05, 0.1) is 11.4 Å². The third-order valence-electron chi connectivity index (χ3n) is 2.93. The van der Waals surface area contributed by atoms with E-state index in [-0.39, 0.29) is 0 Å². The van der Waals surface area contributed by atoms with E-state index in [0.717, 1.165) is 27.9 Å². The number of benzene rings is 2. The van der Waals surface area contributed by atoms with Gasteiger partial charge in [-0.15, -0.1) is 0 Å². The van der Waals surface area contributed by atoms with Crippen molar-refractivity contribution < 1.29 is 0 Å². The molecule has 0 aliphatic carbocycles. The Balaban J connectivity index is 2.02. The summed E-state index contributed by atoms with van der Waals surface area (Å²) in [7, 11) is 0. The summed E-state index contributed by atoms with van der Waals surface area (Å²) in [5.41, 5.74) is 10.4. The lowest BCUT2D eigenvalue weighted by atomic mass is 10.1. The first-order valence-corrected chi connectivity index (χ1v) is 7.13. The smallest absolute Gasteiger partial charge is 0.0577 e. The number of aryl methyl sites for hydroxylation is 1. The standard InChI is InChI=1S/C15H17IN2/c1-2-11-3-5-12(6-4-11)10-18-15-8-7-13(16)9-14(15)17/h3-9,18H,2,10,17H2,1H3. The second kappa shape index (κ2) is 6.09. The van der Waals surface area contributed by atoms with Crippen LogP contribution in [0.1, 0.15) is 18.1 Å². The van der Waals surface area contributed by atoms with E-state index in [2.05, 4.69) is 65.2 Å². The highest BCUT2D eigenvalue weighted by Gasteiger charge is 1.99. The van der Waals surface area contributed by atoms with Crippen molar-refractivity contribution in [3.8, 4) is 0 Å². The molecule has 2 rings (SSSR count). The summed E-state index contributed by atoms with van der Waals surface area (Å²) in [4.78, 5) is 0. The third kappa shape index (κ3) is 3.38. The van der Waals surface area contributed by atoms with E-state index in [4.69, 9.17) is 5.73 Å². The molecular weight excluding hydrogens is 335 g/mol. The number of hydrogen-bond acceptors (Lipinski definition) is 2. The summed E-state index contributed by atoms with van der Waals surface area (Å²) >= 11 is 2.26. The molecule has 18 heavy (non-hydrogen) atoms. The van der Waals surface area contributed by atoms with Gasteiger partial charge in [-0.3, -0.25) is 0 Å². The quantitative estimate of drug-likeness (QED) is 0.644. The maximum absolute atomic E-state index is 5.96. The minimum absolute atomic E-state index is 0.798. The first kappa shape index (κ1) is 13.2. The van der Waals surface area contributed by atoms with Gasteiger partial charge in [-0.2, -0.15) is 0 Å². The van der Waals surface area contributed by atoms with E-state index < -0.39 is 0 Å². The van der Waals surface area contributed by atoms with Crippen LogP contribution in [0.2, 0.25) is 0 Å². The van der Waals surface area contributed by atoms with Crippen molar-refractivity contribution in [2.75, 3.05) is 11.1 Å². The van der Waals surface area contributed by atoms with Crippen LogP contribution in [0.15, 0.2) is 42.5 Å². The lowest BCUT2D eigenvalue weighted by molar-refractivity contribution is 1.11. The highest BCUT2D eigenvalue weighted by Crippen LogP contribution is 2.21. The van der Waals surface area contributed by atoms with Crippen molar-refractivity contribution in [3.63, 3.8) is 0 Å². The van der Waals surface area contributed by atoms with E-state index in [9.17, 15) is 0 Å². The maximum atomic E-state index is 5.96. The first-order chi connectivity index (χ1) is 8.69. The fourth-order valence-corrected chi connectivity index (χ4v) is 2.30. The van der Waals surface area contributed by atoms with E-state index >= 15 is 0 Å². The van der Waals surface area contributed by atoms with Crippen molar-refractivity contribution in [1.29, 1.82) is 0 Å². The van der Waals surface area contributed by atoms with E-state index in [1.807, 2.05) is 12.1 Å². The molecule has 0 saturated heterocycles. The summed E-state index contributed by atoms with van der Waals surface area (Å²) in [5.74, 6) is 0. The van der Waals surface area contributed by atoms with E-state index in [0.29, 0.717) is 0 Å². The summed E-state index contributed by atoms with van der Waals surface area (Å²) in [5, 5.41) is 3.37. The maximum Gasteiger partial charge on any atom is 0.0577 e. The molecule has 0 radical (unpaired) electrons. The van der Waals surface area contributed by atoms with Crippen LogP contribution in [0.4, 0.5) is 11.4 Å². The Hall–Kier alpha value is -1.23. The van der Waals surface area contributed by atoms with Gasteiger partial charge in [-0.1, -0.05) is 31.2 Å². The molecule has 0 unspecified atom stereocenters. The van der Waals surface area contributed by atoms with Gasteiger partial charge >= 0.3 is 0 Å². The van der Waals surface area contributed by atoms with Crippen LogP contribution in [0.5, 0.6) is 0 Å². The fourth-order valence-electron chi connectivity index (χ4n) is 1.78. The van der Waals surface area contributed by atoms with Crippen LogP contribution in [0.3, 0.4) is 0 Å². The highest BCUT2D eigenvalue weighted by molar-refractivity contribution is 14.1. The largest absolute Gasteiger partial charge is 0.397 e. The number of halogens is 1. The van der Waals surface area contributed by atoms with Crippen LogP contribution >= 0.6 is 22.6 Å². The van der Waals surface area contributed by atoms with Gasteiger partial charge in [0.2, 0.25) is 0 Å². The van der Waals surface area contributed by atoms with Gasteiger partial charge in [0, 0.05) is 10.1 Å². The lowest BCUT2D eigenvalue weighted by Gasteiger charge is -2.10. The second-order valence-electron chi connectivity index (χ2n) is 4.26. The Morgan fingerprint density at radius 3 is 2.33 bits per heavy atom. The SMILES string of the molecule is CCc1ccc(CNc2ccc(I)cc2N)cc1. The zero-order valence-electron chi connectivity index (χ0n) is 10.4. The van der Waals surface area contributed by atoms with Gasteiger partial charge in [-0.25, -0.2) is 0 Å². The summed E-state index contributed by atoms with van der Waals surface area (Å²) in [6.07, 6.45) is 1.08. The van der Waals surface area contributed by atoms with Gasteiger partial charge < -0.3 is 11.1 Å². The number of nitrogens with one attached hydrogen (secondary N) is 1. The molecule has 0 aliphatic rings. The zero-order valence-corrected chi connectivity index (χ0v) is 12.6. The van der Waals surface area contributed by atoms with Crippen LogP contribution in [-0.2, 0) is 13.0 Å². The first-order valence-electron chi connectivity index (χ1n) is 6.05.